The maximum absolute atomic E-state index is 13.2. The molecule has 2 aliphatic heterocycles. The highest BCUT2D eigenvalue weighted by Gasteiger charge is 2.33. The first-order valence-electron chi connectivity index (χ1n) is 10.7. The van der Waals surface area contributed by atoms with Crippen LogP contribution in [-0.2, 0) is 14.3 Å². The van der Waals surface area contributed by atoms with E-state index in [0.717, 1.165) is 19.3 Å². The third-order valence-electron chi connectivity index (χ3n) is 6.08. The molecule has 4 atom stereocenters. The molecule has 2 heterocycles. The van der Waals surface area contributed by atoms with Crippen LogP contribution in [0.1, 0.15) is 42.1 Å². The monoisotopic (exact) mass is 429 g/mol. The molecule has 0 aliphatic carbocycles. The van der Waals surface area contributed by atoms with Crippen LogP contribution in [0.5, 0.6) is 5.75 Å². The number of ether oxygens (including phenoxy) is 3. The Kier molecular flexibility index (Phi) is 7.52. The molecule has 1 aromatic rings. The van der Waals surface area contributed by atoms with Gasteiger partial charge in [0, 0.05) is 34.3 Å². The molecule has 3 rings (SSSR count). The Hall–Kier alpha value is -2.63. The molecule has 2 amide bonds. The van der Waals surface area contributed by atoms with Gasteiger partial charge in [-0.1, -0.05) is 6.92 Å². The maximum atomic E-state index is 13.2. The summed E-state index contributed by atoms with van der Waals surface area (Å²) in [5, 5.41) is 9.29. The standard InChI is InChI=1S/C23H31N3O5/c1-15-13-26(3)23(28)18-11-16(12-24)5-7-19(18)30-14-21-20(29-4)8-6-17(31-21)9-10-25(2)22(15)27/h5,7,11,15,17,20-21H,6,8-10,13-14H2,1-4H3/t15-,17+,20-,21-/m1/s1. The molecular weight excluding hydrogens is 398 g/mol. The summed E-state index contributed by atoms with van der Waals surface area (Å²) in [6.07, 6.45) is 2.05. The number of hydrogen-bond acceptors (Lipinski definition) is 6. The van der Waals surface area contributed by atoms with Gasteiger partial charge in [0.1, 0.15) is 18.5 Å². The maximum Gasteiger partial charge on any atom is 0.257 e. The molecule has 0 radical (unpaired) electrons. The van der Waals surface area contributed by atoms with Gasteiger partial charge < -0.3 is 24.0 Å². The number of amides is 2. The van der Waals surface area contributed by atoms with Gasteiger partial charge in [0.15, 0.2) is 0 Å². The van der Waals surface area contributed by atoms with Crippen molar-refractivity contribution in [3.8, 4) is 11.8 Å². The van der Waals surface area contributed by atoms with E-state index in [1.807, 2.05) is 6.92 Å². The Bertz CT molecular complexity index is 852. The molecule has 0 aromatic heterocycles. The Labute approximate surface area is 183 Å². The van der Waals surface area contributed by atoms with Crippen molar-refractivity contribution in [2.75, 3.05) is 40.9 Å². The zero-order chi connectivity index (χ0) is 22.5. The normalized spacial score (nSPS) is 28.1. The molecular formula is C23H31N3O5. The Morgan fingerprint density at radius 2 is 1.94 bits per heavy atom. The van der Waals surface area contributed by atoms with Crippen molar-refractivity contribution in [1.82, 2.24) is 9.80 Å². The topological polar surface area (TPSA) is 92.1 Å². The molecule has 1 aromatic carbocycles. The number of hydrogen-bond donors (Lipinski definition) is 0. The van der Waals surface area contributed by atoms with Gasteiger partial charge in [-0.2, -0.15) is 5.26 Å². The van der Waals surface area contributed by atoms with Crippen molar-refractivity contribution >= 4 is 11.8 Å². The lowest BCUT2D eigenvalue weighted by Gasteiger charge is -2.36. The average Bonchev–Trinajstić information content (AvgIpc) is 2.79. The Balaban J connectivity index is 1.94. The second kappa shape index (κ2) is 10.1. The van der Waals surface area contributed by atoms with Crippen LogP contribution in [-0.4, -0.2) is 80.8 Å². The number of rotatable bonds is 1. The SMILES string of the molecule is CO[C@@H]1CC[C@H]2CCN(C)C(=O)[C@H](C)CN(C)C(=O)c3cc(C#N)ccc3OC[C@H]1O2. The van der Waals surface area contributed by atoms with Gasteiger partial charge in [-0.25, -0.2) is 0 Å². The van der Waals surface area contributed by atoms with Gasteiger partial charge in [0.25, 0.3) is 5.91 Å². The highest BCUT2D eigenvalue weighted by Crippen LogP contribution is 2.27. The predicted octanol–water partition coefficient (Wildman–Crippen LogP) is 2.07. The fourth-order valence-electron chi connectivity index (χ4n) is 4.23. The second-order valence-corrected chi connectivity index (χ2v) is 8.42. The van der Waals surface area contributed by atoms with Gasteiger partial charge in [0.2, 0.25) is 5.91 Å². The summed E-state index contributed by atoms with van der Waals surface area (Å²) in [6.45, 7) is 2.91. The fraction of sp³-hybridized carbons (Fsp3) is 0.609. The van der Waals surface area contributed by atoms with Crippen LogP contribution in [0.15, 0.2) is 18.2 Å². The average molecular weight is 430 g/mol. The van der Waals surface area contributed by atoms with Crippen LogP contribution in [0.4, 0.5) is 0 Å². The first-order chi connectivity index (χ1) is 14.8. The molecule has 0 spiro atoms. The third kappa shape index (κ3) is 5.35. The summed E-state index contributed by atoms with van der Waals surface area (Å²) < 4.78 is 17.9. The smallest absolute Gasteiger partial charge is 0.257 e. The van der Waals surface area contributed by atoms with Crippen molar-refractivity contribution < 1.29 is 23.8 Å². The summed E-state index contributed by atoms with van der Waals surface area (Å²) in [6, 6.07) is 6.86. The fourth-order valence-corrected chi connectivity index (χ4v) is 4.23. The minimum atomic E-state index is -0.356. The van der Waals surface area contributed by atoms with E-state index in [9.17, 15) is 14.9 Å². The van der Waals surface area contributed by atoms with Crippen LogP contribution in [0.2, 0.25) is 0 Å². The quantitative estimate of drug-likeness (QED) is 0.679. The first-order valence-corrected chi connectivity index (χ1v) is 10.7. The van der Waals surface area contributed by atoms with Crippen LogP contribution in [0, 0.1) is 17.2 Å². The highest BCUT2D eigenvalue weighted by atomic mass is 16.6. The summed E-state index contributed by atoms with van der Waals surface area (Å²) in [7, 11) is 5.10. The summed E-state index contributed by atoms with van der Waals surface area (Å²) >= 11 is 0. The molecule has 0 unspecified atom stereocenters. The van der Waals surface area contributed by atoms with Crippen molar-refractivity contribution in [2.45, 2.75) is 44.5 Å². The van der Waals surface area contributed by atoms with Crippen LogP contribution in [0.25, 0.3) is 0 Å². The molecule has 8 nitrogen and oxygen atoms in total. The number of nitriles is 1. The van der Waals surface area contributed by atoms with E-state index < -0.39 is 0 Å². The first kappa shape index (κ1) is 23.0. The predicted molar refractivity (Wildman–Crippen MR) is 114 cm³/mol. The number of carbonyl (C=O) groups excluding carboxylic acids is 2. The van der Waals surface area contributed by atoms with E-state index in [1.165, 1.54) is 11.0 Å². The Morgan fingerprint density at radius 3 is 2.65 bits per heavy atom. The van der Waals surface area contributed by atoms with Crippen molar-refractivity contribution in [1.29, 1.82) is 5.26 Å². The highest BCUT2D eigenvalue weighted by molar-refractivity contribution is 5.97. The van der Waals surface area contributed by atoms with Crippen LogP contribution < -0.4 is 4.74 Å². The van der Waals surface area contributed by atoms with Crippen molar-refractivity contribution in [3.05, 3.63) is 29.3 Å². The molecule has 2 bridgehead atoms. The van der Waals surface area contributed by atoms with Gasteiger partial charge in [-0.15, -0.1) is 0 Å². The summed E-state index contributed by atoms with van der Waals surface area (Å²) in [5.41, 5.74) is 0.667. The van der Waals surface area contributed by atoms with E-state index in [-0.39, 0.29) is 49.2 Å². The van der Waals surface area contributed by atoms with Crippen molar-refractivity contribution in [3.63, 3.8) is 0 Å². The summed E-state index contributed by atoms with van der Waals surface area (Å²) in [4.78, 5) is 29.2. The van der Waals surface area contributed by atoms with Gasteiger partial charge in [0.05, 0.1) is 35.3 Å². The van der Waals surface area contributed by atoms with E-state index in [0.29, 0.717) is 23.4 Å². The molecule has 31 heavy (non-hydrogen) atoms. The number of fused-ring (bicyclic) bond motifs is 3. The lowest BCUT2D eigenvalue weighted by Crippen LogP contribution is -2.44. The van der Waals surface area contributed by atoms with Crippen LogP contribution in [0.3, 0.4) is 0 Å². The number of benzene rings is 1. The number of nitrogens with zero attached hydrogens (tertiary/aromatic N) is 3. The zero-order valence-corrected chi connectivity index (χ0v) is 18.7. The van der Waals surface area contributed by atoms with E-state index in [2.05, 4.69) is 6.07 Å². The van der Waals surface area contributed by atoms with E-state index >= 15 is 0 Å². The minimum absolute atomic E-state index is 0.0143. The largest absolute Gasteiger partial charge is 0.490 e. The lowest BCUT2D eigenvalue weighted by molar-refractivity contribution is -0.146. The number of methoxy groups -OCH3 is 1. The molecule has 1 saturated heterocycles. The van der Waals surface area contributed by atoms with Gasteiger partial charge >= 0.3 is 0 Å². The molecule has 168 valence electrons. The Morgan fingerprint density at radius 1 is 1.16 bits per heavy atom. The van der Waals surface area contributed by atoms with Crippen LogP contribution >= 0.6 is 0 Å². The lowest BCUT2D eigenvalue weighted by atomic mass is 9.99. The molecule has 0 N–H and O–H groups in total. The zero-order valence-electron chi connectivity index (χ0n) is 18.7. The van der Waals surface area contributed by atoms with E-state index in [1.54, 1.807) is 38.2 Å². The van der Waals surface area contributed by atoms with Crippen molar-refractivity contribution in [2.24, 2.45) is 5.92 Å². The van der Waals surface area contributed by atoms with Gasteiger partial charge in [-0.05, 0) is 37.5 Å². The third-order valence-corrected chi connectivity index (χ3v) is 6.08. The minimum Gasteiger partial charge on any atom is -0.490 e. The summed E-state index contributed by atoms with van der Waals surface area (Å²) in [5.74, 6) is -0.276. The molecule has 0 saturated carbocycles. The second-order valence-electron chi connectivity index (χ2n) is 8.42. The number of carbonyl (C=O) groups is 2. The molecule has 8 heteroatoms. The molecule has 1 fully saturated rings. The van der Waals surface area contributed by atoms with E-state index in [4.69, 9.17) is 14.2 Å². The van der Waals surface area contributed by atoms with Gasteiger partial charge in [-0.3, -0.25) is 9.59 Å². The molecule has 2 aliphatic rings.